The first-order chi connectivity index (χ1) is 9.67. The molecule has 0 bridgehead atoms. The van der Waals surface area contributed by atoms with Crippen LogP contribution in [0.1, 0.15) is 18.5 Å². The van der Waals surface area contributed by atoms with Gasteiger partial charge in [-0.2, -0.15) is 0 Å². The summed E-state index contributed by atoms with van der Waals surface area (Å²) in [6.07, 6.45) is -0.0599. The summed E-state index contributed by atoms with van der Waals surface area (Å²) in [5.41, 5.74) is 0.603. The number of likely N-dealkylation sites (N-methyl/N-ethyl adjacent to an activating group) is 2. The van der Waals surface area contributed by atoms with Crippen molar-refractivity contribution in [2.45, 2.75) is 19.1 Å². The van der Waals surface area contributed by atoms with Gasteiger partial charge in [-0.05, 0) is 19.7 Å². The van der Waals surface area contributed by atoms with Crippen molar-refractivity contribution < 1.29 is 13.9 Å². The van der Waals surface area contributed by atoms with Gasteiger partial charge in [0.25, 0.3) is 0 Å². The van der Waals surface area contributed by atoms with E-state index in [1.807, 2.05) is 13.0 Å². The van der Waals surface area contributed by atoms with Crippen LogP contribution in [0.3, 0.4) is 0 Å². The third-order valence-corrected chi connectivity index (χ3v) is 3.64. The number of morpholine rings is 1. The molecule has 1 aromatic rings. The number of ether oxygens (including phenoxy) is 2. The molecule has 1 saturated heterocycles. The standard InChI is InChI=1S/C15H23FN2O2/c1-4-17-15(13-10-18(2)8-9-20-13)11-6-5-7-12(19-3)14(11)16/h5-7,13,15,17H,4,8-10H2,1-3H3. The second kappa shape index (κ2) is 7.02. The number of nitrogens with zero attached hydrogens (tertiary/aromatic N) is 1. The second-order valence-corrected chi connectivity index (χ2v) is 5.07. The summed E-state index contributed by atoms with van der Waals surface area (Å²) in [6.45, 7) is 5.14. The zero-order valence-electron chi connectivity index (χ0n) is 12.4. The molecule has 1 aromatic carbocycles. The molecule has 1 aliphatic heterocycles. The van der Waals surface area contributed by atoms with Crippen LogP contribution >= 0.6 is 0 Å². The SMILES string of the molecule is CCNC(c1cccc(OC)c1F)C1CN(C)CCO1. The first kappa shape index (κ1) is 15.2. The quantitative estimate of drug-likeness (QED) is 0.893. The molecular weight excluding hydrogens is 259 g/mol. The first-order valence-electron chi connectivity index (χ1n) is 7.03. The van der Waals surface area contributed by atoms with Crippen molar-refractivity contribution in [3.05, 3.63) is 29.6 Å². The van der Waals surface area contributed by atoms with Crippen LogP contribution in [0.2, 0.25) is 0 Å². The summed E-state index contributed by atoms with van der Waals surface area (Å²) < 4.78 is 25.4. The molecular formula is C15H23FN2O2. The Labute approximate surface area is 119 Å². The van der Waals surface area contributed by atoms with E-state index in [1.165, 1.54) is 7.11 Å². The maximum absolute atomic E-state index is 14.5. The predicted octanol–water partition coefficient (Wildman–Crippen LogP) is 1.82. The highest BCUT2D eigenvalue weighted by Crippen LogP contribution is 2.29. The molecule has 1 fully saturated rings. The molecule has 0 saturated carbocycles. The lowest BCUT2D eigenvalue weighted by molar-refractivity contribution is -0.0396. The van der Waals surface area contributed by atoms with Crippen molar-refractivity contribution in [2.24, 2.45) is 0 Å². The van der Waals surface area contributed by atoms with Gasteiger partial charge in [0.1, 0.15) is 0 Å². The second-order valence-electron chi connectivity index (χ2n) is 5.07. The van der Waals surface area contributed by atoms with Crippen LogP contribution < -0.4 is 10.1 Å². The van der Waals surface area contributed by atoms with Gasteiger partial charge < -0.3 is 19.7 Å². The number of benzene rings is 1. The third-order valence-electron chi connectivity index (χ3n) is 3.64. The fourth-order valence-electron chi connectivity index (χ4n) is 2.60. The van der Waals surface area contributed by atoms with E-state index in [0.29, 0.717) is 12.2 Å². The molecule has 0 amide bonds. The minimum absolute atomic E-state index is 0.0599. The van der Waals surface area contributed by atoms with Gasteiger partial charge in [-0.3, -0.25) is 0 Å². The molecule has 1 N–H and O–H groups in total. The highest BCUT2D eigenvalue weighted by molar-refractivity contribution is 5.33. The Morgan fingerprint density at radius 2 is 2.35 bits per heavy atom. The van der Waals surface area contributed by atoms with E-state index >= 15 is 0 Å². The fraction of sp³-hybridized carbons (Fsp3) is 0.600. The lowest BCUT2D eigenvalue weighted by atomic mass is 9.99. The van der Waals surface area contributed by atoms with Gasteiger partial charge in [0.05, 0.1) is 25.9 Å². The summed E-state index contributed by atoms with van der Waals surface area (Å²) in [6, 6.07) is 5.07. The normalized spacial score (nSPS) is 21.7. The highest BCUT2D eigenvalue weighted by atomic mass is 19.1. The molecule has 20 heavy (non-hydrogen) atoms. The number of hydrogen-bond donors (Lipinski definition) is 1. The van der Waals surface area contributed by atoms with Crippen LogP contribution in [0.4, 0.5) is 4.39 Å². The Hall–Kier alpha value is -1.17. The Bertz CT molecular complexity index is 442. The lowest BCUT2D eigenvalue weighted by Crippen LogP contribution is -2.47. The number of hydrogen-bond acceptors (Lipinski definition) is 4. The summed E-state index contributed by atoms with van der Waals surface area (Å²) >= 11 is 0. The molecule has 4 nitrogen and oxygen atoms in total. The first-order valence-corrected chi connectivity index (χ1v) is 7.03. The summed E-state index contributed by atoms with van der Waals surface area (Å²) in [4.78, 5) is 2.20. The number of methoxy groups -OCH3 is 1. The van der Waals surface area contributed by atoms with E-state index in [0.717, 1.165) is 19.6 Å². The van der Waals surface area contributed by atoms with Gasteiger partial charge >= 0.3 is 0 Å². The van der Waals surface area contributed by atoms with Crippen LogP contribution in [0, 0.1) is 5.82 Å². The zero-order chi connectivity index (χ0) is 14.5. The summed E-state index contributed by atoms with van der Waals surface area (Å²) in [5.74, 6) is -0.0349. The topological polar surface area (TPSA) is 33.7 Å². The zero-order valence-corrected chi connectivity index (χ0v) is 12.4. The Morgan fingerprint density at radius 3 is 3.00 bits per heavy atom. The van der Waals surface area contributed by atoms with Crippen LogP contribution in [0.15, 0.2) is 18.2 Å². The van der Waals surface area contributed by atoms with E-state index in [9.17, 15) is 4.39 Å². The van der Waals surface area contributed by atoms with Gasteiger partial charge in [0.2, 0.25) is 0 Å². The Morgan fingerprint density at radius 1 is 1.55 bits per heavy atom. The van der Waals surface area contributed by atoms with Crippen molar-refractivity contribution in [3.8, 4) is 5.75 Å². The summed E-state index contributed by atoms with van der Waals surface area (Å²) in [7, 11) is 3.54. The Balaban J connectivity index is 2.28. The highest BCUT2D eigenvalue weighted by Gasteiger charge is 2.30. The van der Waals surface area contributed by atoms with Gasteiger partial charge in [0.15, 0.2) is 11.6 Å². The predicted molar refractivity (Wildman–Crippen MR) is 76.6 cm³/mol. The van der Waals surface area contributed by atoms with Crippen LogP contribution in [-0.4, -0.2) is 51.4 Å². The molecule has 2 rings (SSSR count). The smallest absolute Gasteiger partial charge is 0.169 e. The Kier molecular flexibility index (Phi) is 5.34. The summed E-state index contributed by atoms with van der Waals surface area (Å²) in [5, 5.41) is 3.33. The molecule has 1 aliphatic rings. The number of nitrogens with one attached hydrogen (secondary N) is 1. The van der Waals surface area contributed by atoms with Crippen molar-refractivity contribution in [1.82, 2.24) is 10.2 Å². The van der Waals surface area contributed by atoms with E-state index in [-0.39, 0.29) is 23.7 Å². The maximum Gasteiger partial charge on any atom is 0.169 e. The van der Waals surface area contributed by atoms with Crippen molar-refractivity contribution in [3.63, 3.8) is 0 Å². The van der Waals surface area contributed by atoms with Gasteiger partial charge in [-0.1, -0.05) is 19.1 Å². The largest absolute Gasteiger partial charge is 0.494 e. The third kappa shape index (κ3) is 3.29. The fourth-order valence-corrected chi connectivity index (χ4v) is 2.60. The number of halogens is 1. The van der Waals surface area contributed by atoms with E-state index < -0.39 is 0 Å². The van der Waals surface area contributed by atoms with Crippen LogP contribution in [0.25, 0.3) is 0 Å². The molecule has 0 radical (unpaired) electrons. The van der Waals surface area contributed by atoms with Gasteiger partial charge in [0, 0.05) is 18.7 Å². The van der Waals surface area contributed by atoms with Gasteiger partial charge in [-0.15, -0.1) is 0 Å². The van der Waals surface area contributed by atoms with E-state index in [2.05, 4.69) is 17.3 Å². The molecule has 2 unspecified atom stereocenters. The number of rotatable bonds is 5. The van der Waals surface area contributed by atoms with Crippen LogP contribution in [-0.2, 0) is 4.74 Å². The molecule has 5 heteroatoms. The molecule has 112 valence electrons. The average molecular weight is 282 g/mol. The maximum atomic E-state index is 14.5. The average Bonchev–Trinajstić information content (AvgIpc) is 2.45. The lowest BCUT2D eigenvalue weighted by Gasteiger charge is -2.36. The molecule has 0 aromatic heterocycles. The molecule has 1 heterocycles. The molecule has 0 spiro atoms. The monoisotopic (exact) mass is 282 g/mol. The van der Waals surface area contributed by atoms with E-state index in [1.54, 1.807) is 12.1 Å². The van der Waals surface area contributed by atoms with E-state index in [4.69, 9.17) is 9.47 Å². The molecule has 0 aliphatic carbocycles. The van der Waals surface area contributed by atoms with Crippen molar-refractivity contribution >= 4 is 0 Å². The van der Waals surface area contributed by atoms with Gasteiger partial charge in [-0.25, -0.2) is 4.39 Å². The van der Waals surface area contributed by atoms with Crippen molar-refractivity contribution in [2.75, 3.05) is 40.4 Å². The minimum Gasteiger partial charge on any atom is -0.494 e. The molecule has 2 atom stereocenters. The minimum atomic E-state index is -0.308. The van der Waals surface area contributed by atoms with Crippen molar-refractivity contribution in [1.29, 1.82) is 0 Å². The van der Waals surface area contributed by atoms with Crippen LogP contribution in [0.5, 0.6) is 5.75 Å².